The highest BCUT2D eigenvalue weighted by molar-refractivity contribution is 5.52. The Morgan fingerprint density at radius 2 is 2.00 bits per heavy atom. The first-order valence-corrected chi connectivity index (χ1v) is 4.90. The lowest BCUT2D eigenvalue weighted by atomic mass is 10.2. The van der Waals surface area contributed by atoms with E-state index in [1.54, 1.807) is 0 Å². The molecule has 0 aromatic carbocycles. The maximum absolute atomic E-state index is 10.3. The van der Waals surface area contributed by atoms with Gasteiger partial charge in [0.05, 0.1) is 6.54 Å². The van der Waals surface area contributed by atoms with Crippen LogP contribution < -0.4 is 0 Å². The topological polar surface area (TPSA) is 20.3 Å². The van der Waals surface area contributed by atoms with Gasteiger partial charge in [0.15, 0.2) is 0 Å². The van der Waals surface area contributed by atoms with Crippen LogP contribution in [-0.2, 0) is 4.79 Å². The Bertz CT molecular complexity index is 112. The van der Waals surface area contributed by atoms with Crippen LogP contribution in [0.3, 0.4) is 0 Å². The average molecular weight is 171 g/mol. The normalized spacial score (nSPS) is 11.1. The molecule has 0 fully saturated rings. The molecule has 0 aliphatic rings. The van der Waals surface area contributed by atoms with Crippen LogP contribution in [0.25, 0.3) is 0 Å². The number of carbonyl (C=O) groups is 1. The van der Waals surface area contributed by atoms with Gasteiger partial charge in [-0.15, -0.1) is 0 Å². The average Bonchev–Trinajstić information content (AvgIpc) is 2.03. The molecular formula is C10H21NO. The Morgan fingerprint density at radius 3 is 2.42 bits per heavy atom. The first-order chi connectivity index (χ1) is 5.72. The number of hydrogen-bond donors (Lipinski definition) is 0. The number of rotatable bonds is 7. The molecule has 2 heteroatoms. The van der Waals surface area contributed by atoms with Crippen molar-refractivity contribution >= 4 is 6.29 Å². The summed E-state index contributed by atoms with van der Waals surface area (Å²) in [5.74, 6) is 0. The summed E-state index contributed by atoms with van der Waals surface area (Å²) in [6.07, 6.45) is 4.71. The van der Waals surface area contributed by atoms with E-state index in [0.29, 0.717) is 12.6 Å². The predicted molar refractivity (Wildman–Crippen MR) is 52.3 cm³/mol. The van der Waals surface area contributed by atoms with E-state index in [9.17, 15) is 4.79 Å². The maximum atomic E-state index is 10.3. The zero-order chi connectivity index (χ0) is 9.40. The van der Waals surface area contributed by atoms with Crippen molar-refractivity contribution in [2.45, 2.75) is 46.1 Å². The number of nitrogens with zero attached hydrogens (tertiary/aromatic N) is 1. The monoisotopic (exact) mass is 171 g/mol. The lowest BCUT2D eigenvalue weighted by Crippen LogP contribution is -2.33. The van der Waals surface area contributed by atoms with E-state index in [1.807, 2.05) is 0 Å². The second-order valence-electron chi connectivity index (χ2n) is 3.46. The summed E-state index contributed by atoms with van der Waals surface area (Å²) < 4.78 is 0. The SMILES string of the molecule is CCCCCN(CC=O)C(C)C. The largest absolute Gasteiger partial charge is 0.302 e. The highest BCUT2D eigenvalue weighted by Gasteiger charge is 2.06. The van der Waals surface area contributed by atoms with Crippen LogP contribution in [0.15, 0.2) is 0 Å². The molecule has 0 N–H and O–H groups in total. The minimum atomic E-state index is 0.493. The highest BCUT2D eigenvalue weighted by atomic mass is 16.1. The molecule has 0 aromatic rings. The van der Waals surface area contributed by atoms with Crippen molar-refractivity contribution in [3.8, 4) is 0 Å². The third-order valence-corrected chi connectivity index (χ3v) is 2.09. The summed E-state index contributed by atoms with van der Waals surface area (Å²) in [6.45, 7) is 8.11. The number of aldehydes is 1. The van der Waals surface area contributed by atoms with E-state index in [4.69, 9.17) is 0 Å². The van der Waals surface area contributed by atoms with E-state index < -0.39 is 0 Å². The Balaban J connectivity index is 3.55. The number of hydrogen-bond acceptors (Lipinski definition) is 2. The fraction of sp³-hybridized carbons (Fsp3) is 0.900. The van der Waals surface area contributed by atoms with E-state index in [2.05, 4.69) is 25.7 Å². The van der Waals surface area contributed by atoms with Gasteiger partial charge in [-0.1, -0.05) is 19.8 Å². The van der Waals surface area contributed by atoms with Gasteiger partial charge in [0, 0.05) is 6.04 Å². The number of carbonyl (C=O) groups excluding carboxylic acids is 1. The van der Waals surface area contributed by atoms with Gasteiger partial charge in [-0.3, -0.25) is 4.90 Å². The molecule has 0 saturated carbocycles. The van der Waals surface area contributed by atoms with Crippen LogP contribution in [0.1, 0.15) is 40.0 Å². The van der Waals surface area contributed by atoms with Crippen LogP contribution in [0, 0.1) is 0 Å². The van der Waals surface area contributed by atoms with Crippen LogP contribution in [-0.4, -0.2) is 30.3 Å². The van der Waals surface area contributed by atoms with Crippen LogP contribution in [0.2, 0.25) is 0 Å². The zero-order valence-corrected chi connectivity index (χ0v) is 8.55. The Kier molecular flexibility index (Phi) is 7.06. The van der Waals surface area contributed by atoms with Crippen molar-refractivity contribution in [1.82, 2.24) is 4.90 Å². The van der Waals surface area contributed by atoms with Crippen LogP contribution >= 0.6 is 0 Å². The molecule has 0 bridgehead atoms. The first-order valence-electron chi connectivity index (χ1n) is 4.90. The molecule has 0 heterocycles. The van der Waals surface area contributed by atoms with Gasteiger partial charge in [0.1, 0.15) is 6.29 Å². The van der Waals surface area contributed by atoms with Crippen LogP contribution in [0.5, 0.6) is 0 Å². The summed E-state index contributed by atoms with van der Waals surface area (Å²) in [6, 6.07) is 0.493. The van der Waals surface area contributed by atoms with Crippen molar-refractivity contribution in [1.29, 1.82) is 0 Å². The molecular weight excluding hydrogens is 150 g/mol. The molecule has 0 aromatic heterocycles. The minimum absolute atomic E-state index is 0.493. The first kappa shape index (κ1) is 11.6. The molecule has 0 atom stereocenters. The third kappa shape index (κ3) is 5.30. The standard InChI is InChI=1S/C10H21NO/c1-4-5-6-7-11(8-9-12)10(2)3/h9-10H,4-8H2,1-3H3. The molecule has 0 aliphatic heterocycles. The van der Waals surface area contributed by atoms with Gasteiger partial charge in [-0.25, -0.2) is 0 Å². The van der Waals surface area contributed by atoms with Crippen LogP contribution in [0.4, 0.5) is 0 Å². The maximum Gasteiger partial charge on any atom is 0.133 e. The molecule has 0 radical (unpaired) electrons. The Morgan fingerprint density at radius 1 is 1.33 bits per heavy atom. The van der Waals surface area contributed by atoms with Gasteiger partial charge in [-0.05, 0) is 26.8 Å². The molecule has 0 unspecified atom stereocenters. The molecule has 0 amide bonds. The predicted octanol–water partition coefficient (Wildman–Crippen LogP) is 2.09. The van der Waals surface area contributed by atoms with Crippen molar-refractivity contribution in [3.63, 3.8) is 0 Å². The zero-order valence-electron chi connectivity index (χ0n) is 8.55. The van der Waals surface area contributed by atoms with E-state index >= 15 is 0 Å². The van der Waals surface area contributed by atoms with Crippen molar-refractivity contribution < 1.29 is 4.79 Å². The van der Waals surface area contributed by atoms with Crippen molar-refractivity contribution in [2.24, 2.45) is 0 Å². The smallest absolute Gasteiger partial charge is 0.133 e. The fourth-order valence-electron chi connectivity index (χ4n) is 1.22. The lowest BCUT2D eigenvalue weighted by Gasteiger charge is -2.23. The molecule has 0 aliphatic carbocycles. The summed E-state index contributed by atoms with van der Waals surface area (Å²) in [5.41, 5.74) is 0. The van der Waals surface area contributed by atoms with Gasteiger partial charge < -0.3 is 4.79 Å². The quantitative estimate of drug-likeness (QED) is 0.432. The molecule has 12 heavy (non-hydrogen) atoms. The van der Waals surface area contributed by atoms with Gasteiger partial charge in [0.25, 0.3) is 0 Å². The molecule has 2 nitrogen and oxygen atoms in total. The lowest BCUT2D eigenvalue weighted by molar-refractivity contribution is -0.109. The van der Waals surface area contributed by atoms with Crippen molar-refractivity contribution in [3.05, 3.63) is 0 Å². The van der Waals surface area contributed by atoms with E-state index in [-0.39, 0.29) is 0 Å². The van der Waals surface area contributed by atoms with Gasteiger partial charge >= 0.3 is 0 Å². The van der Waals surface area contributed by atoms with Gasteiger partial charge in [0.2, 0.25) is 0 Å². The second-order valence-corrected chi connectivity index (χ2v) is 3.46. The highest BCUT2D eigenvalue weighted by Crippen LogP contribution is 2.01. The molecule has 0 saturated heterocycles. The minimum Gasteiger partial charge on any atom is -0.302 e. The van der Waals surface area contributed by atoms with E-state index in [1.165, 1.54) is 19.3 Å². The third-order valence-electron chi connectivity index (χ3n) is 2.09. The molecule has 0 spiro atoms. The number of unbranched alkanes of at least 4 members (excludes halogenated alkanes) is 2. The summed E-state index contributed by atoms with van der Waals surface area (Å²) in [7, 11) is 0. The second kappa shape index (κ2) is 7.29. The summed E-state index contributed by atoms with van der Waals surface area (Å²) in [4.78, 5) is 12.5. The summed E-state index contributed by atoms with van der Waals surface area (Å²) in [5, 5.41) is 0. The Labute approximate surface area is 75.9 Å². The Hall–Kier alpha value is -0.370. The molecule has 72 valence electrons. The van der Waals surface area contributed by atoms with E-state index in [0.717, 1.165) is 12.8 Å². The molecule has 0 rings (SSSR count). The summed E-state index contributed by atoms with van der Waals surface area (Å²) >= 11 is 0. The van der Waals surface area contributed by atoms with Gasteiger partial charge in [-0.2, -0.15) is 0 Å². The fourth-order valence-corrected chi connectivity index (χ4v) is 1.22. The van der Waals surface area contributed by atoms with Crippen molar-refractivity contribution in [2.75, 3.05) is 13.1 Å².